The molecule has 1 aromatic rings. The molecule has 0 aliphatic carbocycles. The van der Waals surface area contributed by atoms with Gasteiger partial charge in [0, 0.05) is 12.5 Å². The number of nitrogens with zero attached hydrogens (tertiary/aromatic N) is 1. The maximum absolute atomic E-state index is 8.55. The molecule has 1 rings (SSSR count). The first kappa shape index (κ1) is 7.24. The zero-order valence-electron chi connectivity index (χ0n) is 5.58. The van der Waals surface area contributed by atoms with Gasteiger partial charge >= 0.3 is 0 Å². The van der Waals surface area contributed by atoms with Crippen molar-refractivity contribution in [3.63, 3.8) is 0 Å². The second-order valence-corrected chi connectivity index (χ2v) is 1.98. The molecule has 0 atom stereocenters. The maximum Gasteiger partial charge on any atom is 0.162 e. The van der Waals surface area contributed by atoms with Crippen LogP contribution in [-0.4, -0.2) is 16.8 Å². The van der Waals surface area contributed by atoms with Crippen molar-refractivity contribution in [1.29, 1.82) is 0 Å². The van der Waals surface area contributed by atoms with E-state index in [-0.39, 0.29) is 6.61 Å². The lowest BCUT2D eigenvalue weighted by Gasteiger charge is -1.83. The van der Waals surface area contributed by atoms with Crippen LogP contribution in [0.1, 0.15) is 11.5 Å². The summed E-state index contributed by atoms with van der Waals surface area (Å²) in [6, 6.07) is 1.70. The quantitative estimate of drug-likeness (QED) is 0.606. The normalized spacial score (nSPS) is 10.2. The summed E-state index contributed by atoms with van der Waals surface area (Å²) in [5.41, 5.74) is 6.06. The predicted octanol–water partition coefficient (Wildman–Crippen LogP) is -0.332. The molecule has 0 saturated carbocycles. The summed E-state index contributed by atoms with van der Waals surface area (Å²) in [5.74, 6) is 0.489. The first-order valence-electron chi connectivity index (χ1n) is 3.12. The second kappa shape index (κ2) is 3.34. The largest absolute Gasteiger partial charge is 0.388 e. The minimum atomic E-state index is -0.0996. The van der Waals surface area contributed by atoms with Gasteiger partial charge < -0.3 is 15.4 Å². The fraction of sp³-hybridized carbons (Fsp3) is 0.500. The van der Waals surface area contributed by atoms with Crippen molar-refractivity contribution in [2.75, 3.05) is 6.54 Å². The molecule has 1 heterocycles. The molecule has 0 aliphatic heterocycles. The second-order valence-electron chi connectivity index (χ2n) is 1.98. The molecule has 4 heteroatoms. The summed E-state index contributed by atoms with van der Waals surface area (Å²) in [4.78, 5) is 0. The highest BCUT2D eigenvalue weighted by atomic mass is 16.5. The lowest BCUT2D eigenvalue weighted by atomic mass is 10.3. The van der Waals surface area contributed by atoms with Crippen molar-refractivity contribution >= 4 is 0 Å². The molecular formula is C6H10N2O2. The zero-order chi connectivity index (χ0) is 7.40. The number of aliphatic hydroxyl groups is 1. The minimum absolute atomic E-state index is 0.0996. The highest BCUT2D eigenvalue weighted by Crippen LogP contribution is 2.02. The zero-order valence-corrected chi connectivity index (χ0v) is 5.58. The molecule has 0 spiro atoms. The minimum Gasteiger partial charge on any atom is -0.388 e. The van der Waals surface area contributed by atoms with Crippen molar-refractivity contribution < 1.29 is 9.63 Å². The predicted molar refractivity (Wildman–Crippen MR) is 35.2 cm³/mol. The Morgan fingerprint density at radius 1 is 1.70 bits per heavy atom. The molecule has 1 aromatic heterocycles. The van der Waals surface area contributed by atoms with E-state index in [1.165, 1.54) is 0 Å². The Kier molecular flexibility index (Phi) is 2.42. The van der Waals surface area contributed by atoms with E-state index in [1.807, 2.05) is 0 Å². The fourth-order valence-corrected chi connectivity index (χ4v) is 0.696. The Balaban J connectivity index is 2.59. The van der Waals surface area contributed by atoms with Crippen molar-refractivity contribution in [3.8, 4) is 0 Å². The summed E-state index contributed by atoms with van der Waals surface area (Å²) in [7, 11) is 0. The van der Waals surface area contributed by atoms with Crippen LogP contribution in [0.15, 0.2) is 10.6 Å². The van der Waals surface area contributed by atoms with Crippen LogP contribution in [0, 0.1) is 0 Å². The van der Waals surface area contributed by atoms with Crippen LogP contribution in [0.5, 0.6) is 0 Å². The third-order valence-electron chi connectivity index (χ3n) is 1.16. The van der Waals surface area contributed by atoms with E-state index in [1.54, 1.807) is 6.07 Å². The summed E-state index contributed by atoms with van der Waals surface area (Å²) in [5, 5.41) is 12.2. The van der Waals surface area contributed by atoms with Crippen LogP contribution < -0.4 is 5.73 Å². The van der Waals surface area contributed by atoms with Crippen LogP contribution in [0.3, 0.4) is 0 Å². The Bertz CT molecular complexity index is 197. The molecule has 0 aromatic carbocycles. The number of nitrogens with two attached hydrogens (primary N) is 1. The molecular weight excluding hydrogens is 132 g/mol. The summed E-state index contributed by atoms with van der Waals surface area (Å²) < 4.78 is 4.71. The van der Waals surface area contributed by atoms with Gasteiger partial charge in [0.25, 0.3) is 0 Å². The van der Waals surface area contributed by atoms with Crippen LogP contribution in [0.25, 0.3) is 0 Å². The molecule has 0 amide bonds. The van der Waals surface area contributed by atoms with Gasteiger partial charge in [-0.25, -0.2) is 0 Å². The SMILES string of the molecule is NCCc1cc(CO)on1. The Morgan fingerprint density at radius 2 is 2.50 bits per heavy atom. The number of aliphatic hydroxyl groups excluding tert-OH is 1. The van der Waals surface area contributed by atoms with Crippen LogP contribution in [-0.2, 0) is 13.0 Å². The lowest BCUT2D eigenvalue weighted by Crippen LogP contribution is -2.02. The monoisotopic (exact) mass is 142 g/mol. The number of rotatable bonds is 3. The van der Waals surface area contributed by atoms with E-state index in [0.717, 1.165) is 5.69 Å². The highest BCUT2D eigenvalue weighted by molar-refractivity contribution is 5.04. The number of hydrogen-bond acceptors (Lipinski definition) is 4. The summed E-state index contributed by atoms with van der Waals surface area (Å²) in [6.07, 6.45) is 0.698. The van der Waals surface area contributed by atoms with Crippen molar-refractivity contribution in [3.05, 3.63) is 17.5 Å². The Hall–Kier alpha value is -0.870. The fourth-order valence-electron chi connectivity index (χ4n) is 0.696. The highest BCUT2D eigenvalue weighted by Gasteiger charge is 2.00. The maximum atomic E-state index is 8.55. The molecule has 0 unspecified atom stereocenters. The van der Waals surface area contributed by atoms with Gasteiger partial charge in [0.05, 0.1) is 5.69 Å². The summed E-state index contributed by atoms with van der Waals surface area (Å²) in [6.45, 7) is 0.453. The van der Waals surface area contributed by atoms with Crippen molar-refractivity contribution in [2.45, 2.75) is 13.0 Å². The van der Waals surface area contributed by atoms with Gasteiger partial charge in [-0.05, 0) is 6.54 Å². The molecule has 3 N–H and O–H groups in total. The smallest absolute Gasteiger partial charge is 0.162 e. The van der Waals surface area contributed by atoms with Crippen LogP contribution in [0.4, 0.5) is 0 Å². The van der Waals surface area contributed by atoms with Gasteiger partial charge in [0.15, 0.2) is 5.76 Å². The van der Waals surface area contributed by atoms with Gasteiger partial charge in [0.2, 0.25) is 0 Å². The molecule has 0 aliphatic rings. The van der Waals surface area contributed by atoms with E-state index in [2.05, 4.69) is 5.16 Å². The number of aromatic nitrogens is 1. The third-order valence-corrected chi connectivity index (χ3v) is 1.16. The summed E-state index contributed by atoms with van der Waals surface area (Å²) >= 11 is 0. The Labute approximate surface area is 58.6 Å². The molecule has 0 radical (unpaired) electrons. The van der Waals surface area contributed by atoms with Crippen molar-refractivity contribution in [1.82, 2.24) is 5.16 Å². The Morgan fingerprint density at radius 3 is 3.00 bits per heavy atom. The third kappa shape index (κ3) is 1.55. The standard InChI is InChI=1S/C6H10N2O2/c7-2-1-5-3-6(4-9)10-8-5/h3,9H,1-2,4,7H2. The first-order chi connectivity index (χ1) is 4.86. The molecule has 0 bridgehead atoms. The van der Waals surface area contributed by atoms with Gasteiger partial charge in [-0.2, -0.15) is 0 Å². The van der Waals surface area contributed by atoms with Gasteiger partial charge in [0.1, 0.15) is 6.61 Å². The van der Waals surface area contributed by atoms with Crippen molar-refractivity contribution in [2.24, 2.45) is 5.73 Å². The molecule has 0 fully saturated rings. The van der Waals surface area contributed by atoms with E-state index in [4.69, 9.17) is 15.4 Å². The molecule has 10 heavy (non-hydrogen) atoms. The van der Waals surface area contributed by atoms with Gasteiger partial charge in [-0.15, -0.1) is 0 Å². The first-order valence-corrected chi connectivity index (χ1v) is 3.12. The molecule has 0 saturated heterocycles. The van der Waals surface area contributed by atoms with E-state index in [9.17, 15) is 0 Å². The average molecular weight is 142 g/mol. The van der Waals surface area contributed by atoms with Gasteiger partial charge in [-0.3, -0.25) is 0 Å². The lowest BCUT2D eigenvalue weighted by molar-refractivity contribution is 0.228. The average Bonchev–Trinajstić information content (AvgIpc) is 2.37. The molecule has 4 nitrogen and oxygen atoms in total. The number of hydrogen-bond donors (Lipinski definition) is 2. The molecule has 56 valence electrons. The van der Waals surface area contributed by atoms with Gasteiger partial charge in [-0.1, -0.05) is 5.16 Å². The van der Waals surface area contributed by atoms with E-state index in [0.29, 0.717) is 18.7 Å². The van der Waals surface area contributed by atoms with E-state index < -0.39 is 0 Å². The van der Waals surface area contributed by atoms with Crippen LogP contribution >= 0.6 is 0 Å². The topological polar surface area (TPSA) is 72.3 Å². The van der Waals surface area contributed by atoms with E-state index >= 15 is 0 Å². The van der Waals surface area contributed by atoms with Crippen LogP contribution in [0.2, 0.25) is 0 Å².